The van der Waals surface area contributed by atoms with Crippen LogP contribution in [0, 0.1) is 0 Å². The van der Waals surface area contributed by atoms with Crippen molar-refractivity contribution in [2.24, 2.45) is 9.98 Å². The van der Waals surface area contributed by atoms with Crippen LogP contribution in [-0.2, 0) is 14.8 Å². The van der Waals surface area contributed by atoms with Gasteiger partial charge < -0.3 is 25.8 Å². The van der Waals surface area contributed by atoms with Crippen LogP contribution >= 0.6 is 0 Å². The number of benzene rings is 2. The van der Waals surface area contributed by atoms with Gasteiger partial charge in [0.1, 0.15) is 5.84 Å². The van der Waals surface area contributed by atoms with Crippen LogP contribution in [0.2, 0.25) is 0 Å². The van der Waals surface area contributed by atoms with Crippen molar-refractivity contribution in [3.63, 3.8) is 0 Å². The van der Waals surface area contributed by atoms with Gasteiger partial charge in [-0.15, -0.1) is 0 Å². The third-order valence-electron chi connectivity index (χ3n) is 7.93. The Hall–Kier alpha value is -5.60. The molecule has 260 valence electrons. The number of pyridine rings is 1. The number of amidine groups is 1. The van der Waals surface area contributed by atoms with E-state index in [9.17, 15) is 18.0 Å². The number of aromatic nitrogens is 2. The van der Waals surface area contributed by atoms with Crippen LogP contribution < -0.4 is 16.0 Å². The predicted octanol–water partition coefficient (Wildman–Crippen LogP) is 4.69. The van der Waals surface area contributed by atoms with Crippen molar-refractivity contribution in [1.82, 2.24) is 24.1 Å². The standard InChI is InChI=1S/C36H41N9O4S/c1-37-32(27-21-26-17-20-45(35(26)39-24-27)50(48,49)31-14-6-5-7-15-31)23-33(38-2)40-30-13-9-19-44(25-30)36(47)42-29-12-8-11-28(22-29)41-34(46)16-10-18-43(3)4/h5-8,10-12,14-17,20-24,30,37H,2,9,13,18-19,25H2,1,3-4H3,(H,41,46)(H,42,47)/b16-10+,32-23?,40-33?. The number of amides is 3. The van der Waals surface area contributed by atoms with E-state index in [0.29, 0.717) is 59.1 Å². The zero-order valence-electron chi connectivity index (χ0n) is 28.3. The van der Waals surface area contributed by atoms with E-state index in [1.54, 1.807) is 91.0 Å². The molecule has 14 heteroatoms. The van der Waals surface area contributed by atoms with E-state index in [-0.39, 0.29) is 22.9 Å². The first-order chi connectivity index (χ1) is 24.1. The van der Waals surface area contributed by atoms with Crippen LogP contribution in [0.3, 0.4) is 0 Å². The molecule has 50 heavy (non-hydrogen) atoms. The molecule has 1 aliphatic rings. The fraction of sp³-hybridized carbons (Fsp3) is 0.250. The van der Waals surface area contributed by atoms with E-state index in [4.69, 9.17) is 4.99 Å². The first-order valence-corrected chi connectivity index (χ1v) is 17.5. The van der Waals surface area contributed by atoms with Crippen LogP contribution in [0.15, 0.2) is 112 Å². The van der Waals surface area contributed by atoms with Gasteiger partial charge in [-0.2, -0.15) is 0 Å². The highest BCUT2D eigenvalue weighted by molar-refractivity contribution is 7.90. The molecular formula is C36H41N9O4S. The first kappa shape index (κ1) is 35.7. The molecule has 1 saturated heterocycles. The maximum Gasteiger partial charge on any atom is 0.321 e. The Balaban J connectivity index is 1.26. The molecule has 3 amide bonds. The van der Waals surface area contributed by atoms with E-state index >= 15 is 0 Å². The molecule has 13 nitrogen and oxygen atoms in total. The van der Waals surface area contributed by atoms with Crippen LogP contribution in [-0.4, -0.2) is 98.5 Å². The van der Waals surface area contributed by atoms with E-state index in [2.05, 4.69) is 32.6 Å². The number of aliphatic imine (C=N–C) groups is 2. The Morgan fingerprint density at radius 1 is 1.06 bits per heavy atom. The Bertz CT molecular complexity index is 2050. The minimum absolute atomic E-state index is 0.176. The average Bonchev–Trinajstić information content (AvgIpc) is 3.55. The van der Waals surface area contributed by atoms with E-state index < -0.39 is 10.0 Å². The second-order valence-corrected chi connectivity index (χ2v) is 13.7. The Morgan fingerprint density at radius 3 is 2.54 bits per heavy atom. The Labute approximate surface area is 292 Å². The number of likely N-dealkylation sites (N-methyl/N-ethyl adjacent to an activating group) is 1. The smallest absolute Gasteiger partial charge is 0.321 e. The minimum Gasteiger partial charge on any atom is -0.387 e. The second kappa shape index (κ2) is 16.2. The normalized spacial score (nSPS) is 15.8. The van der Waals surface area contributed by atoms with Gasteiger partial charge in [0, 0.05) is 79.2 Å². The molecule has 0 aliphatic carbocycles. The van der Waals surface area contributed by atoms with Gasteiger partial charge in [-0.3, -0.25) is 9.79 Å². The molecule has 1 unspecified atom stereocenters. The van der Waals surface area contributed by atoms with Gasteiger partial charge in [0.05, 0.1) is 10.9 Å². The lowest BCUT2D eigenvalue weighted by Gasteiger charge is -2.31. The summed E-state index contributed by atoms with van der Waals surface area (Å²) in [4.78, 5) is 42.8. The number of carbonyl (C=O) groups is 2. The quantitative estimate of drug-likeness (QED) is 0.117. The number of rotatable bonds is 11. The molecule has 3 heterocycles. The highest BCUT2D eigenvalue weighted by Crippen LogP contribution is 2.24. The summed E-state index contributed by atoms with van der Waals surface area (Å²) in [7, 11) is 1.79. The molecule has 0 radical (unpaired) electrons. The van der Waals surface area contributed by atoms with Gasteiger partial charge in [-0.05, 0) is 76.1 Å². The zero-order valence-corrected chi connectivity index (χ0v) is 29.1. The highest BCUT2D eigenvalue weighted by Gasteiger charge is 2.24. The second-order valence-electron chi connectivity index (χ2n) is 11.9. The van der Waals surface area contributed by atoms with Crippen LogP contribution in [0.4, 0.5) is 16.2 Å². The molecule has 4 aromatic rings. The fourth-order valence-electron chi connectivity index (χ4n) is 5.46. The zero-order chi connectivity index (χ0) is 35.7. The maximum absolute atomic E-state index is 13.2. The van der Waals surface area contributed by atoms with Crippen LogP contribution in [0.5, 0.6) is 0 Å². The van der Waals surface area contributed by atoms with Gasteiger partial charge >= 0.3 is 6.03 Å². The minimum atomic E-state index is -3.81. The van der Waals surface area contributed by atoms with Crippen LogP contribution in [0.25, 0.3) is 16.7 Å². The monoisotopic (exact) mass is 695 g/mol. The van der Waals surface area contributed by atoms with E-state index in [1.807, 2.05) is 25.1 Å². The third-order valence-corrected chi connectivity index (χ3v) is 9.61. The molecule has 1 fully saturated rings. The summed E-state index contributed by atoms with van der Waals surface area (Å²) in [5.41, 5.74) is 2.81. The van der Waals surface area contributed by atoms with Gasteiger partial charge in [-0.25, -0.2) is 27.2 Å². The molecule has 2 aromatic heterocycles. The molecule has 1 atom stereocenters. The summed E-state index contributed by atoms with van der Waals surface area (Å²) in [6.45, 7) is 5.32. The lowest BCUT2D eigenvalue weighted by atomic mass is 10.1. The molecule has 0 bridgehead atoms. The van der Waals surface area contributed by atoms with Crippen molar-refractivity contribution in [3.8, 4) is 0 Å². The molecule has 3 N–H and O–H groups in total. The predicted molar refractivity (Wildman–Crippen MR) is 199 cm³/mol. The Morgan fingerprint density at radius 2 is 1.82 bits per heavy atom. The number of piperidine rings is 1. The lowest BCUT2D eigenvalue weighted by molar-refractivity contribution is -0.111. The number of nitrogens with one attached hydrogen (secondary N) is 3. The number of urea groups is 1. The molecular weight excluding hydrogens is 655 g/mol. The molecule has 1 aliphatic heterocycles. The van der Waals surface area contributed by atoms with Crippen molar-refractivity contribution in [2.75, 3.05) is 51.4 Å². The lowest BCUT2D eigenvalue weighted by Crippen LogP contribution is -2.44. The molecule has 0 spiro atoms. The largest absolute Gasteiger partial charge is 0.387 e. The van der Waals surface area contributed by atoms with Crippen molar-refractivity contribution in [1.29, 1.82) is 0 Å². The SMILES string of the molecule is C=NC(C=C(NC)c1cnc2c(ccn2S(=O)(=O)c2ccccc2)c1)=NC1CCCN(C(=O)Nc2cccc(NC(=O)/C=C/CN(C)C)c2)C1. The fourth-order valence-corrected chi connectivity index (χ4v) is 6.79. The van der Waals surface area contributed by atoms with Gasteiger partial charge in [-0.1, -0.05) is 30.3 Å². The van der Waals surface area contributed by atoms with Crippen molar-refractivity contribution < 1.29 is 18.0 Å². The summed E-state index contributed by atoms with van der Waals surface area (Å²) >= 11 is 0. The summed E-state index contributed by atoms with van der Waals surface area (Å²) in [5, 5.41) is 9.54. The van der Waals surface area contributed by atoms with E-state index in [0.717, 1.165) is 12.8 Å². The Kier molecular flexibility index (Phi) is 11.6. The van der Waals surface area contributed by atoms with Crippen molar-refractivity contribution in [3.05, 3.63) is 103 Å². The van der Waals surface area contributed by atoms with Gasteiger partial charge in [0.15, 0.2) is 5.65 Å². The van der Waals surface area contributed by atoms with Crippen molar-refractivity contribution >= 4 is 62.6 Å². The van der Waals surface area contributed by atoms with Gasteiger partial charge in [0.25, 0.3) is 10.0 Å². The molecule has 2 aromatic carbocycles. The summed E-state index contributed by atoms with van der Waals surface area (Å²) < 4.78 is 27.6. The number of hydrogen-bond donors (Lipinski definition) is 3. The topological polar surface area (TPSA) is 153 Å². The molecule has 0 saturated carbocycles. The van der Waals surface area contributed by atoms with Gasteiger partial charge in [0.2, 0.25) is 5.91 Å². The summed E-state index contributed by atoms with van der Waals surface area (Å²) in [6, 6.07) is 18.3. The summed E-state index contributed by atoms with van der Waals surface area (Å²) in [6.07, 6.45) is 9.63. The summed E-state index contributed by atoms with van der Waals surface area (Å²) in [5.74, 6) is 0.133. The number of nitrogens with zero attached hydrogens (tertiary/aromatic N) is 6. The highest BCUT2D eigenvalue weighted by atomic mass is 32.2. The number of likely N-dealkylation sites (tertiary alicyclic amines) is 1. The van der Waals surface area contributed by atoms with Crippen LogP contribution in [0.1, 0.15) is 18.4 Å². The number of carbonyl (C=O) groups excluding carboxylic acids is 2. The van der Waals surface area contributed by atoms with Crippen molar-refractivity contribution in [2.45, 2.75) is 23.8 Å². The van der Waals surface area contributed by atoms with E-state index in [1.165, 1.54) is 16.2 Å². The third kappa shape index (κ3) is 8.89. The number of hydrogen-bond acceptors (Lipinski definition) is 8. The number of fused-ring (bicyclic) bond motifs is 1. The number of anilines is 2. The maximum atomic E-state index is 13.2. The first-order valence-electron chi connectivity index (χ1n) is 16.1. The average molecular weight is 696 g/mol. The molecule has 5 rings (SSSR count).